The normalized spacial score (nSPS) is 36.0. The number of morpholine rings is 1. The molecule has 1 N–H and O–H groups in total. The first-order chi connectivity index (χ1) is 8.43. The first-order valence-electron chi connectivity index (χ1n) is 7.50. The van der Waals surface area contributed by atoms with E-state index in [2.05, 4.69) is 10.2 Å². The van der Waals surface area contributed by atoms with Crippen LogP contribution in [0.25, 0.3) is 0 Å². The van der Waals surface area contributed by atoms with Crippen LogP contribution in [0.4, 0.5) is 0 Å². The average molecular weight is 238 g/mol. The summed E-state index contributed by atoms with van der Waals surface area (Å²) in [7, 11) is 0. The summed E-state index contributed by atoms with van der Waals surface area (Å²) in [6, 6.07) is 0.755. The summed E-state index contributed by atoms with van der Waals surface area (Å²) >= 11 is 0. The highest BCUT2D eigenvalue weighted by molar-refractivity contribution is 4.89. The van der Waals surface area contributed by atoms with Crippen molar-refractivity contribution < 1.29 is 4.74 Å². The zero-order valence-electron chi connectivity index (χ0n) is 10.9. The Bertz CT molecular complexity index is 240. The van der Waals surface area contributed by atoms with Gasteiger partial charge in [-0.2, -0.15) is 0 Å². The lowest BCUT2D eigenvalue weighted by Crippen LogP contribution is -2.49. The van der Waals surface area contributed by atoms with Crippen LogP contribution in [-0.2, 0) is 4.74 Å². The Morgan fingerprint density at radius 2 is 2.00 bits per heavy atom. The molecule has 3 heteroatoms. The summed E-state index contributed by atoms with van der Waals surface area (Å²) in [4.78, 5) is 2.73. The van der Waals surface area contributed by atoms with E-state index in [0.717, 1.165) is 18.6 Å². The van der Waals surface area contributed by atoms with Crippen LogP contribution in [0, 0.1) is 5.92 Å². The third-order valence-electron chi connectivity index (χ3n) is 4.88. The molecule has 3 rings (SSSR count). The van der Waals surface area contributed by atoms with Crippen LogP contribution in [0.3, 0.4) is 0 Å². The van der Waals surface area contributed by atoms with E-state index in [-0.39, 0.29) is 0 Å². The van der Waals surface area contributed by atoms with Crippen molar-refractivity contribution in [2.24, 2.45) is 5.92 Å². The maximum absolute atomic E-state index is 5.87. The van der Waals surface area contributed by atoms with Crippen LogP contribution in [0.15, 0.2) is 0 Å². The van der Waals surface area contributed by atoms with E-state index in [1.807, 2.05) is 0 Å². The molecular formula is C14H26N2O. The van der Waals surface area contributed by atoms with Gasteiger partial charge in [0.05, 0.1) is 12.7 Å². The lowest BCUT2D eigenvalue weighted by molar-refractivity contribution is -0.0571. The standard InChI is InChI=1S/C14H26N2O/c1-2-13-14(3-1)17-11-10-16(13)9-6-12-4-7-15-8-5-12/h12-15H,1-11H2. The van der Waals surface area contributed by atoms with Gasteiger partial charge in [0.15, 0.2) is 0 Å². The number of rotatable bonds is 3. The van der Waals surface area contributed by atoms with Crippen molar-refractivity contribution in [2.75, 3.05) is 32.8 Å². The fourth-order valence-electron chi connectivity index (χ4n) is 3.80. The molecule has 0 radical (unpaired) electrons. The number of nitrogens with zero attached hydrogens (tertiary/aromatic N) is 1. The third-order valence-corrected chi connectivity index (χ3v) is 4.88. The van der Waals surface area contributed by atoms with Gasteiger partial charge in [-0.3, -0.25) is 4.90 Å². The first-order valence-corrected chi connectivity index (χ1v) is 7.50. The molecule has 3 aliphatic rings. The molecule has 2 atom stereocenters. The van der Waals surface area contributed by atoms with Gasteiger partial charge in [0, 0.05) is 12.6 Å². The minimum atomic E-state index is 0.566. The molecule has 3 fully saturated rings. The summed E-state index contributed by atoms with van der Waals surface area (Å²) < 4.78 is 5.87. The fraction of sp³-hybridized carbons (Fsp3) is 1.00. The highest BCUT2D eigenvalue weighted by atomic mass is 16.5. The minimum absolute atomic E-state index is 0.566. The molecule has 3 nitrogen and oxygen atoms in total. The van der Waals surface area contributed by atoms with E-state index >= 15 is 0 Å². The van der Waals surface area contributed by atoms with Crippen molar-refractivity contribution in [2.45, 2.75) is 50.7 Å². The van der Waals surface area contributed by atoms with Gasteiger partial charge in [-0.1, -0.05) is 0 Å². The van der Waals surface area contributed by atoms with E-state index in [4.69, 9.17) is 4.74 Å². The average Bonchev–Trinajstić information content (AvgIpc) is 2.86. The summed E-state index contributed by atoms with van der Waals surface area (Å²) in [6.45, 7) is 5.92. The van der Waals surface area contributed by atoms with Crippen LogP contribution in [0.5, 0.6) is 0 Å². The summed E-state index contributed by atoms with van der Waals surface area (Å²) in [5.74, 6) is 0.971. The van der Waals surface area contributed by atoms with Gasteiger partial charge >= 0.3 is 0 Å². The third kappa shape index (κ3) is 2.83. The quantitative estimate of drug-likeness (QED) is 0.809. The highest BCUT2D eigenvalue weighted by Gasteiger charge is 2.35. The number of nitrogens with one attached hydrogen (secondary N) is 1. The lowest BCUT2D eigenvalue weighted by Gasteiger charge is -2.38. The van der Waals surface area contributed by atoms with E-state index < -0.39 is 0 Å². The Labute approximate surface area is 105 Å². The fourth-order valence-corrected chi connectivity index (χ4v) is 3.80. The zero-order valence-corrected chi connectivity index (χ0v) is 10.9. The van der Waals surface area contributed by atoms with E-state index in [1.165, 1.54) is 64.7 Å². The molecule has 0 aromatic rings. The second kappa shape index (κ2) is 5.68. The lowest BCUT2D eigenvalue weighted by atomic mass is 9.94. The Morgan fingerprint density at radius 3 is 2.88 bits per heavy atom. The largest absolute Gasteiger partial charge is 0.375 e. The topological polar surface area (TPSA) is 24.5 Å². The molecule has 1 aliphatic carbocycles. The highest BCUT2D eigenvalue weighted by Crippen LogP contribution is 2.30. The molecule has 1 saturated carbocycles. The van der Waals surface area contributed by atoms with Crippen LogP contribution in [0.1, 0.15) is 38.5 Å². The Balaban J connectivity index is 1.47. The van der Waals surface area contributed by atoms with Gasteiger partial charge in [-0.15, -0.1) is 0 Å². The predicted molar refractivity (Wildman–Crippen MR) is 69.2 cm³/mol. The van der Waals surface area contributed by atoms with E-state index in [1.54, 1.807) is 0 Å². The number of fused-ring (bicyclic) bond motifs is 1. The SMILES string of the molecule is C1CC2OCCN(CCC3CCNCC3)C2C1. The maximum Gasteiger partial charge on any atom is 0.0730 e. The molecule has 98 valence electrons. The van der Waals surface area contributed by atoms with Crippen LogP contribution in [0.2, 0.25) is 0 Å². The molecule has 2 aliphatic heterocycles. The second-order valence-corrected chi connectivity index (χ2v) is 5.93. The second-order valence-electron chi connectivity index (χ2n) is 5.93. The predicted octanol–water partition coefficient (Wildman–Crippen LogP) is 1.63. The van der Waals surface area contributed by atoms with Crippen molar-refractivity contribution in [1.82, 2.24) is 10.2 Å². The van der Waals surface area contributed by atoms with Crippen LogP contribution < -0.4 is 5.32 Å². The Morgan fingerprint density at radius 1 is 1.12 bits per heavy atom. The van der Waals surface area contributed by atoms with Gasteiger partial charge in [0.1, 0.15) is 0 Å². The Kier molecular flexibility index (Phi) is 3.99. The van der Waals surface area contributed by atoms with Gasteiger partial charge in [-0.25, -0.2) is 0 Å². The summed E-state index contributed by atoms with van der Waals surface area (Å²) in [6.07, 6.45) is 8.79. The zero-order chi connectivity index (χ0) is 11.5. The van der Waals surface area contributed by atoms with Crippen molar-refractivity contribution in [1.29, 1.82) is 0 Å². The summed E-state index contributed by atoms with van der Waals surface area (Å²) in [5.41, 5.74) is 0. The monoisotopic (exact) mass is 238 g/mol. The molecule has 0 spiro atoms. The van der Waals surface area contributed by atoms with Crippen molar-refractivity contribution in [3.63, 3.8) is 0 Å². The minimum Gasteiger partial charge on any atom is -0.375 e. The number of hydrogen-bond acceptors (Lipinski definition) is 3. The number of hydrogen-bond donors (Lipinski definition) is 1. The smallest absolute Gasteiger partial charge is 0.0730 e. The van der Waals surface area contributed by atoms with Gasteiger partial charge in [0.25, 0.3) is 0 Å². The molecule has 17 heavy (non-hydrogen) atoms. The molecule has 2 unspecified atom stereocenters. The van der Waals surface area contributed by atoms with Crippen LogP contribution in [-0.4, -0.2) is 49.8 Å². The van der Waals surface area contributed by atoms with Crippen molar-refractivity contribution in [3.8, 4) is 0 Å². The van der Waals surface area contributed by atoms with Gasteiger partial charge in [-0.05, 0) is 64.1 Å². The number of ether oxygens (including phenoxy) is 1. The first kappa shape index (κ1) is 11.9. The molecule has 2 saturated heterocycles. The van der Waals surface area contributed by atoms with Crippen molar-refractivity contribution in [3.05, 3.63) is 0 Å². The Hall–Kier alpha value is -0.120. The van der Waals surface area contributed by atoms with E-state index in [0.29, 0.717) is 6.10 Å². The molecular weight excluding hydrogens is 212 g/mol. The molecule has 0 bridgehead atoms. The van der Waals surface area contributed by atoms with Crippen LogP contribution >= 0.6 is 0 Å². The molecule has 0 aromatic carbocycles. The van der Waals surface area contributed by atoms with Crippen molar-refractivity contribution >= 4 is 0 Å². The molecule has 0 amide bonds. The molecule has 2 heterocycles. The van der Waals surface area contributed by atoms with Gasteiger partial charge in [0.2, 0.25) is 0 Å². The summed E-state index contributed by atoms with van der Waals surface area (Å²) in [5, 5.41) is 3.46. The molecule has 0 aromatic heterocycles. The maximum atomic E-state index is 5.87. The van der Waals surface area contributed by atoms with E-state index in [9.17, 15) is 0 Å². The number of piperidine rings is 1. The van der Waals surface area contributed by atoms with Gasteiger partial charge < -0.3 is 10.1 Å².